The minimum atomic E-state index is -0.198. The Balaban J connectivity index is 1.85. The summed E-state index contributed by atoms with van der Waals surface area (Å²) in [5.41, 5.74) is 2.88. The molecule has 0 bridgehead atoms. The third kappa shape index (κ3) is 4.56. The van der Waals surface area contributed by atoms with Crippen molar-refractivity contribution in [1.82, 2.24) is 15.5 Å². The smallest absolute Gasteiger partial charge is 0.271 e. The molecule has 1 aromatic carbocycles. The van der Waals surface area contributed by atoms with Gasteiger partial charge in [-0.3, -0.25) is 4.79 Å². The Hall–Kier alpha value is -2.43. The highest BCUT2D eigenvalue weighted by Gasteiger charge is 2.06. The summed E-state index contributed by atoms with van der Waals surface area (Å²) in [5, 5.41) is 13.8. The van der Waals surface area contributed by atoms with E-state index >= 15 is 0 Å². The second-order valence-corrected chi connectivity index (χ2v) is 4.83. The van der Waals surface area contributed by atoms with Crippen molar-refractivity contribution in [1.29, 1.82) is 0 Å². The molecule has 2 aromatic rings. The Morgan fingerprint density at radius 1 is 1.19 bits per heavy atom. The molecule has 1 aromatic heterocycles. The Morgan fingerprint density at radius 3 is 2.71 bits per heavy atom. The van der Waals surface area contributed by atoms with Crippen LogP contribution in [-0.4, -0.2) is 29.2 Å². The first kappa shape index (κ1) is 15.0. The number of amides is 1. The van der Waals surface area contributed by atoms with Crippen LogP contribution in [0.3, 0.4) is 0 Å². The van der Waals surface area contributed by atoms with Gasteiger partial charge in [0, 0.05) is 13.1 Å². The average molecular weight is 284 g/mol. The predicted molar refractivity (Wildman–Crippen MR) is 83.4 cm³/mol. The second-order valence-electron chi connectivity index (χ2n) is 4.83. The van der Waals surface area contributed by atoms with E-state index in [1.807, 2.05) is 6.92 Å². The van der Waals surface area contributed by atoms with Gasteiger partial charge in [0.05, 0.1) is 0 Å². The molecule has 5 heteroatoms. The van der Waals surface area contributed by atoms with E-state index in [0.717, 1.165) is 13.0 Å². The number of anilines is 1. The van der Waals surface area contributed by atoms with E-state index < -0.39 is 0 Å². The van der Waals surface area contributed by atoms with Crippen LogP contribution in [0.5, 0.6) is 0 Å². The summed E-state index contributed by atoms with van der Waals surface area (Å²) in [4.78, 5) is 11.6. The fraction of sp³-hybridized carbons (Fsp3) is 0.312. The summed E-state index contributed by atoms with van der Waals surface area (Å²) >= 11 is 0. The summed E-state index contributed by atoms with van der Waals surface area (Å²) in [6.45, 7) is 5.31. The topological polar surface area (TPSA) is 66.9 Å². The largest absolute Gasteiger partial charge is 0.368 e. The van der Waals surface area contributed by atoms with Gasteiger partial charge < -0.3 is 10.6 Å². The van der Waals surface area contributed by atoms with Crippen molar-refractivity contribution >= 4 is 11.7 Å². The zero-order chi connectivity index (χ0) is 15.1. The van der Waals surface area contributed by atoms with Crippen molar-refractivity contribution < 1.29 is 4.79 Å². The molecule has 21 heavy (non-hydrogen) atoms. The lowest BCUT2D eigenvalue weighted by Gasteiger charge is -2.06. The Labute approximate surface area is 124 Å². The Morgan fingerprint density at radius 2 is 2.05 bits per heavy atom. The van der Waals surface area contributed by atoms with E-state index in [4.69, 9.17) is 0 Å². The molecule has 0 aliphatic carbocycles. The van der Waals surface area contributed by atoms with E-state index in [1.165, 1.54) is 11.1 Å². The lowest BCUT2D eigenvalue weighted by Crippen LogP contribution is -2.24. The highest BCUT2D eigenvalue weighted by atomic mass is 16.1. The van der Waals surface area contributed by atoms with Crippen LogP contribution in [-0.2, 0) is 6.42 Å². The number of aromatic nitrogens is 2. The molecule has 0 aliphatic rings. The molecule has 110 valence electrons. The van der Waals surface area contributed by atoms with Crippen molar-refractivity contribution in [2.45, 2.75) is 20.3 Å². The standard InChI is InChI=1S/C16H20N4O/c1-3-17-16(21)14-7-8-15(20-19-14)18-10-9-13-6-4-5-12(2)11-13/h4-8,11H,3,9-10H2,1-2H3,(H,17,21)(H,18,20). The van der Waals surface area contributed by atoms with Crippen molar-refractivity contribution in [3.05, 3.63) is 53.2 Å². The van der Waals surface area contributed by atoms with Crippen LogP contribution in [0, 0.1) is 6.92 Å². The van der Waals surface area contributed by atoms with Crippen molar-refractivity contribution in [2.75, 3.05) is 18.4 Å². The molecule has 0 aliphatic heterocycles. The lowest BCUT2D eigenvalue weighted by atomic mass is 10.1. The predicted octanol–water partition coefficient (Wildman–Crippen LogP) is 2.19. The number of nitrogens with one attached hydrogen (secondary N) is 2. The number of carbonyl (C=O) groups excluding carboxylic acids is 1. The fourth-order valence-electron chi connectivity index (χ4n) is 2.00. The van der Waals surface area contributed by atoms with Crippen molar-refractivity contribution in [3.8, 4) is 0 Å². The highest BCUT2D eigenvalue weighted by Crippen LogP contribution is 2.06. The normalized spacial score (nSPS) is 10.2. The summed E-state index contributed by atoms with van der Waals surface area (Å²) in [6.07, 6.45) is 0.918. The minimum absolute atomic E-state index is 0.198. The van der Waals surface area contributed by atoms with Gasteiger partial charge >= 0.3 is 0 Å². The summed E-state index contributed by atoms with van der Waals surface area (Å²) in [7, 11) is 0. The first-order chi connectivity index (χ1) is 10.2. The van der Waals surface area contributed by atoms with Crippen LogP contribution in [0.4, 0.5) is 5.82 Å². The summed E-state index contributed by atoms with van der Waals surface area (Å²) < 4.78 is 0. The Kier molecular flexibility index (Phi) is 5.26. The number of aryl methyl sites for hydroxylation is 1. The van der Waals surface area contributed by atoms with Gasteiger partial charge in [0.25, 0.3) is 5.91 Å². The van der Waals surface area contributed by atoms with Crippen LogP contribution < -0.4 is 10.6 Å². The maximum Gasteiger partial charge on any atom is 0.271 e. The van der Waals surface area contributed by atoms with E-state index in [9.17, 15) is 4.79 Å². The summed E-state index contributed by atoms with van der Waals surface area (Å²) in [6, 6.07) is 11.9. The lowest BCUT2D eigenvalue weighted by molar-refractivity contribution is 0.0950. The molecule has 2 rings (SSSR count). The zero-order valence-corrected chi connectivity index (χ0v) is 12.4. The van der Waals surface area contributed by atoms with Crippen LogP contribution in [0.1, 0.15) is 28.5 Å². The fourth-order valence-corrected chi connectivity index (χ4v) is 2.00. The zero-order valence-electron chi connectivity index (χ0n) is 12.4. The van der Waals surface area contributed by atoms with Crippen LogP contribution in [0.2, 0.25) is 0 Å². The maximum absolute atomic E-state index is 11.6. The molecule has 5 nitrogen and oxygen atoms in total. The SMILES string of the molecule is CCNC(=O)c1ccc(NCCc2cccc(C)c2)nn1. The molecule has 0 atom stereocenters. The average Bonchev–Trinajstić information content (AvgIpc) is 2.48. The first-order valence-corrected chi connectivity index (χ1v) is 7.10. The number of hydrogen-bond donors (Lipinski definition) is 2. The first-order valence-electron chi connectivity index (χ1n) is 7.10. The number of rotatable bonds is 6. The number of nitrogens with zero attached hydrogens (tertiary/aromatic N) is 2. The quantitative estimate of drug-likeness (QED) is 0.853. The number of carbonyl (C=O) groups is 1. The van der Waals surface area contributed by atoms with Gasteiger partial charge in [0.2, 0.25) is 0 Å². The molecule has 0 fully saturated rings. The van der Waals surface area contributed by atoms with E-state index in [1.54, 1.807) is 12.1 Å². The van der Waals surface area contributed by atoms with Crippen LogP contribution in [0.25, 0.3) is 0 Å². The molecular weight excluding hydrogens is 264 g/mol. The van der Waals surface area contributed by atoms with Crippen LogP contribution >= 0.6 is 0 Å². The van der Waals surface area contributed by atoms with Gasteiger partial charge in [0.1, 0.15) is 5.82 Å². The molecular formula is C16H20N4O. The molecule has 2 N–H and O–H groups in total. The van der Waals surface area contributed by atoms with Gasteiger partial charge in [0.15, 0.2) is 5.69 Å². The van der Waals surface area contributed by atoms with Gasteiger partial charge in [-0.1, -0.05) is 29.8 Å². The second kappa shape index (κ2) is 7.38. The number of hydrogen-bond acceptors (Lipinski definition) is 4. The van der Waals surface area contributed by atoms with Gasteiger partial charge in [-0.15, -0.1) is 10.2 Å². The number of benzene rings is 1. The summed E-state index contributed by atoms with van der Waals surface area (Å²) in [5.74, 6) is 0.479. The van der Waals surface area contributed by atoms with Crippen LogP contribution in [0.15, 0.2) is 36.4 Å². The molecule has 0 radical (unpaired) electrons. The maximum atomic E-state index is 11.6. The molecule has 0 unspecified atom stereocenters. The molecule has 0 saturated carbocycles. The van der Waals surface area contributed by atoms with Gasteiger partial charge in [-0.2, -0.15) is 0 Å². The van der Waals surface area contributed by atoms with E-state index in [-0.39, 0.29) is 5.91 Å². The van der Waals surface area contributed by atoms with Gasteiger partial charge in [-0.05, 0) is 38.0 Å². The molecule has 1 amide bonds. The monoisotopic (exact) mass is 284 g/mol. The Bertz CT molecular complexity index is 595. The third-order valence-corrected chi connectivity index (χ3v) is 3.04. The van der Waals surface area contributed by atoms with E-state index in [2.05, 4.69) is 52.0 Å². The highest BCUT2D eigenvalue weighted by molar-refractivity contribution is 5.92. The minimum Gasteiger partial charge on any atom is -0.368 e. The molecule has 0 saturated heterocycles. The van der Waals surface area contributed by atoms with Crippen molar-refractivity contribution in [2.24, 2.45) is 0 Å². The van der Waals surface area contributed by atoms with Gasteiger partial charge in [-0.25, -0.2) is 0 Å². The van der Waals surface area contributed by atoms with E-state index in [0.29, 0.717) is 18.1 Å². The molecule has 0 spiro atoms. The van der Waals surface area contributed by atoms with Crippen molar-refractivity contribution in [3.63, 3.8) is 0 Å². The third-order valence-electron chi connectivity index (χ3n) is 3.04. The molecule has 1 heterocycles.